The van der Waals surface area contributed by atoms with Crippen molar-refractivity contribution >= 4 is 33.2 Å². The third-order valence-corrected chi connectivity index (χ3v) is 4.99. The Hall–Kier alpha value is -0.810. The predicted molar refractivity (Wildman–Crippen MR) is 73.3 cm³/mol. The van der Waals surface area contributed by atoms with Gasteiger partial charge in [0.1, 0.15) is 15.8 Å². The second-order valence-electron chi connectivity index (χ2n) is 4.95. The van der Waals surface area contributed by atoms with Gasteiger partial charge in [-0.05, 0) is 18.9 Å². The first-order chi connectivity index (χ1) is 8.98. The van der Waals surface area contributed by atoms with E-state index in [0.717, 1.165) is 16.6 Å². The van der Waals surface area contributed by atoms with E-state index < -0.39 is 5.92 Å². The van der Waals surface area contributed by atoms with Gasteiger partial charge in [0.25, 0.3) is 0 Å². The summed E-state index contributed by atoms with van der Waals surface area (Å²) in [6, 6.07) is 1.98. The molecular weight excluding hydrogens is 290 g/mol. The van der Waals surface area contributed by atoms with Gasteiger partial charge in [-0.3, -0.25) is 0 Å². The minimum atomic E-state index is -2.58. The first-order valence-electron chi connectivity index (χ1n) is 6.32. The zero-order valence-corrected chi connectivity index (χ0v) is 12.0. The van der Waals surface area contributed by atoms with Crippen LogP contribution in [0.1, 0.15) is 42.8 Å². The van der Waals surface area contributed by atoms with E-state index in [9.17, 15) is 8.78 Å². The van der Waals surface area contributed by atoms with Crippen molar-refractivity contribution in [1.29, 1.82) is 0 Å². The van der Waals surface area contributed by atoms with Crippen molar-refractivity contribution in [3.63, 3.8) is 0 Å². The highest BCUT2D eigenvalue weighted by Crippen LogP contribution is 2.44. The zero-order valence-electron chi connectivity index (χ0n) is 10.4. The summed E-state index contributed by atoms with van der Waals surface area (Å²) in [5.41, 5.74) is 0. The van der Waals surface area contributed by atoms with E-state index in [4.69, 9.17) is 11.6 Å². The lowest BCUT2D eigenvalue weighted by Crippen LogP contribution is -2.10. The molecule has 1 aliphatic carbocycles. The summed E-state index contributed by atoms with van der Waals surface area (Å²) in [4.78, 5) is 10.7. The Kier molecular flexibility index (Phi) is 3.21. The number of alkyl halides is 2. The van der Waals surface area contributed by atoms with Crippen LogP contribution in [0.15, 0.2) is 6.07 Å². The van der Waals surface area contributed by atoms with Crippen molar-refractivity contribution in [3.05, 3.63) is 21.9 Å². The van der Waals surface area contributed by atoms with Gasteiger partial charge in [0.15, 0.2) is 0 Å². The van der Waals surface area contributed by atoms with Crippen molar-refractivity contribution in [3.8, 4) is 0 Å². The van der Waals surface area contributed by atoms with E-state index in [1.54, 1.807) is 11.3 Å². The van der Waals surface area contributed by atoms with Crippen LogP contribution >= 0.6 is 22.9 Å². The third-order valence-electron chi connectivity index (χ3n) is 3.53. The third kappa shape index (κ3) is 2.46. The first-order valence-corrected chi connectivity index (χ1v) is 7.51. The number of hydrogen-bond donors (Lipinski definition) is 0. The number of thiophene rings is 1. The van der Waals surface area contributed by atoms with Crippen LogP contribution in [0, 0.1) is 0 Å². The molecule has 1 aliphatic rings. The average molecular weight is 303 g/mol. The molecule has 2 aromatic rings. The Morgan fingerprint density at radius 3 is 2.89 bits per heavy atom. The second-order valence-corrected chi connectivity index (χ2v) is 6.43. The molecule has 0 aromatic carbocycles. The highest BCUT2D eigenvalue weighted by molar-refractivity contribution is 7.18. The number of fused-ring (bicyclic) bond motifs is 1. The molecule has 0 spiro atoms. The molecule has 2 nitrogen and oxygen atoms in total. The summed E-state index contributed by atoms with van der Waals surface area (Å²) in [6.45, 7) is 2.06. The molecule has 0 saturated heterocycles. The van der Waals surface area contributed by atoms with Gasteiger partial charge in [-0.15, -0.1) is 11.3 Å². The standard InChI is InChI=1S/C13H13ClF2N2S/c1-2-8-5-9-10(14)17-11(18-12(9)19-8)7-3-4-13(15,16)6-7/h5,7H,2-4,6H2,1H3. The van der Waals surface area contributed by atoms with E-state index in [-0.39, 0.29) is 18.8 Å². The molecule has 1 atom stereocenters. The predicted octanol–water partition coefficient (Wildman–Crippen LogP) is 4.81. The number of aryl methyl sites for hydroxylation is 1. The van der Waals surface area contributed by atoms with Crippen molar-refractivity contribution < 1.29 is 8.78 Å². The van der Waals surface area contributed by atoms with Gasteiger partial charge in [0, 0.05) is 29.0 Å². The number of hydrogen-bond acceptors (Lipinski definition) is 3. The van der Waals surface area contributed by atoms with Crippen LogP contribution in [0.3, 0.4) is 0 Å². The number of rotatable bonds is 2. The topological polar surface area (TPSA) is 25.8 Å². The largest absolute Gasteiger partial charge is 0.248 e. The Morgan fingerprint density at radius 1 is 1.47 bits per heavy atom. The van der Waals surface area contributed by atoms with Gasteiger partial charge in [-0.2, -0.15) is 0 Å². The lowest BCUT2D eigenvalue weighted by molar-refractivity contribution is 0.00755. The fraction of sp³-hybridized carbons (Fsp3) is 0.538. The molecule has 19 heavy (non-hydrogen) atoms. The maximum absolute atomic E-state index is 13.3. The van der Waals surface area contributed by atoms with Crippen LogP contribution in [-0.2, 0) is 6.42 Å². The summed E-state index contributed by atoms with van der Waals surface area (Å²) in [5.74, 6) is -2.39. The quantitative estimate of drug-likeness (QED) is 0.744. The molecule has 0 bridgehead atoms. The highest BCUT2D eigenvalue weighted by atomic mass is 35.5. The molecule has 1 unspecified atom stereocenters. The molecule has 2 aromatic heterocycles. The minimum absolute atomic E-state index is 0.0820. The Bertz CT molecular complexity index is 626. The molecule has 1 fully saturated rings. The van der Waals surface area contributed by atoms with Crippen LogP contribution in [0.5, 0.6) is 0 Å². The molecule has 102 valence electrons. The van der Waals surface area contributed by atoms with Crippen LogP contribution in [0.4, 0.5) is 8.78 Å². The molecular formula is C13H13ClF2N2S. The first kappa shape index (κ1) is 13.2. The Balaban J connectivity index is 2.01. The molecule has 6 heteroatoms. The van der Waals surface area contributed by atoms with Gasteiger partial charge in [-0.1, -0.05) is 18.5 Å². The van der Waals surface area contributed by atoms with E-state index in [0.29, 0.717) is 17.4 Å². The lowest BCUT2D eigenvalue weighted by atomic mass is 10.1. The summed E-state index contributed by atoms with van der Waals surface area (Å²) in [5, 5.41) is 1.21. The van der Waals surface area contributed by atoms with E-state index in [1.165, 1.54) is 4.88 Å². The van der Waals surface area contributed by atoms with Crippen LogP contribution < -0.4 is 0 Å². The van der Waals surface area contributed by atoms with Gasteiger partial charge in [0.2, 0.25) is 5.92 Å². The summed E-state index contributed by atoms with van der Waals surface area (Å²) >= 11 is 7.71. The van der Waals surface area contributed by atoms with Gasteiger partial charge in [0.05, 0.1) is 0 Å². The smallest absolute Gasteiger partial charge is 0.222 e. The number of nitrogens with zero attached hydrogens (tertiary/aromatic N) is 2. The fourth-order valence-corrected chi connectivity index (χ4v) is 3.74. The Morgan fingerprint density at radius 2 is 2.26 bits per heavy atom. The number of halogens is 3. The monoisotopic (exact) mass is 302 g/mol. The molecule has 0 amide bonds. The lowest BCUT2D eigenvalue weighted by Gasteiger charge is -2.09. The maximum atomic E-state index is 13.3. The van der Waals surface area contributed by atoms with Crippen molar-refractivity contribution in [2.75, 3.05) is 0 Å². The Labute approximate surface area is 118 Å². The highest BCUT2D eigenvalue weighted by Gasteiger charge is 2.41. The van der Waals surface area contributed by atoms with Crippen LogP contribution in [0.2, 0.25) is 5.15 Å². The fourth-order valence-electron chi connectivity index (χ4n) is 2.48. The average Bonchev–Trinajstić information content (AvgIpc) is 2.92. The van der Waals surface area contributed by atoms with Gasteiger partial charge >= 0.3 is 0 Å². The maximum Gasteiger partial charge on any atom is 0.248 e. The molecule has 0 aliphatic heterocycles. The van der Waals surface area contributed by atoms with E-state index in [1.807, 2.05) is 6.07 Å². The van der Waals surface area contributed by atoms with Crippen molar-refractivity contribution in [2.45, 2.75) is 44.4 Å². The normalized spacial score (nSPS) is 22.2. The van der Waals surface area contributed by atoms with Gasteiger partial charge in [-0.25, -0.2) is 18.7 Å². The molecule has 0 radical (unpaired) electrons. The number of aromatic nitrogens is 2. The summed E-state index contributed by atoms with van der Waals surface area (Å²) in [7, 11) is 0. The molecule has 1 saturated carbocycles. The van der Waals surface area contributed by atoms with E-state index >= 15 is 0 Å². The SMILES string of the molecule is CCc1cc2c(Cl)nc(C3CCC(F)(F)C3)nc2s1. The second kappa shape index (κ2) is 4.63. The van der Waals surface area contributed by atoms with E-state index in [2.05, 4.69) is 16.9 Å². The van der Waals surface area contributed by atoms with Gasteiger partial charge < -0.3 is 0 Å². The summed E-state index contributed by atoms with van der Waals surface area (Å²) < 4.78 is 26.5. The summed E-state index contributed by atoms with van der Waals surface area (Å²) in [6.07, 6.45) is 1.09. The molecule has 3 rings (SSSR count). The van der Waals surface area contributed by atoms with Crippen LogP contribution in [-0.4, -0.2) is 15.9 Å². The zero-order chi connectivity index (χ0) is 13.6. The van der Waals surface area contributed by atoms with Crippen molar-refractivity contribution in [1.82, 2.24) is 9.97 Å². The van der Waals surface area contributed by atoms with Crippen LogP contribution in [0.25, 0.3) is 10.2 Å². The minimum Gasteiger partial charge on any atom is -0.222 e. The van der Waals surface area contributed by atoms with Crippen molar-refractivity contribution in [2.24, 2.45) is 0 Å². The molecule has 2 heterocycles. The molecule has 0 N–H and O–H groups in total.